The smallest absolute Gasteiger partial charge is 0.218 e. The van der Waals surface area contributed by atoms with Crippen molar-refractivity contribution in [2.24, 2.45) is 0 Å². The Kier molecular flexibility index (Phi) is 6.63. The van der Waals surface area contributed by atoms with Crippen molar-refractivity contribution in [3.05, 3.63) is 0 Å². The van der Waals surface area contributed by atoms with Gasteiger partial charge in [-0.3, -0.25) is 4.18 Å². The molecule has 6 atom stereocenters. The van der Waals surface area contributed by atoms with E-state index in [0.717, 1.165) is 0 Å². The van der Waals surface area contributed by atoms with E-state index in [1.165, 1.54) is 0 Å². The lowest BCUT2D eigenvalue weighted by Crippen LogP contribution is -2.42. The minimum atomic E-state index is -5.07. The second-order valence-corrected chi connectivity index (χ2v) is 7.80. The van der Waals surface area contributed by atoms with Crippen molar-refractivity contribution < 1.29 is 42.7 Å². The van der Waals surface area contributed by atoms with Gasteiger partial charge < -0.3 is 30.1 Å². The van der Waals surface area contributed by atoms with Gasteiger partial charge in [0.25, 0.3) is 0 Å². The summed E-state index contributed by atoms with van der Waals surface area (Å²) in [6, 6.07) is 0. The monoisotopic (exact) mass is 334 g/mol. The second kappa shape index (κ2) is 7.33. The quantitative estimate of drug-likeness (QED) is 0.176. The molecule has 0 aromatic carbocycles. The summed E-state index contributed by atoms with van der Waals surface area (Å²) in [5.41, 5.74) is 0. The van der Waals surface area contributed by atoms with Crippen LogP contribution in [0.2, 0.25) is 0 Å². The normalized spacial score (nSPS) is 34.1. The lowest BCUT2D eigenvalue weighted by Gasteiger charge is -2.22. The Morgan fingerprint density at radius 3 is 2.40 bits per heavy atom. The van der Waals surface area contributed by atoms with Gasteiger partial charge >= 0.3 is 0 Å². The SMILES string of the molecule is O=S(=O)([O-])O[C@@H](CO)[C@H](O)C[S+]1C[C@@H](O)[C@H](O)[C@@H]1CO. The first kappa shape index (κ1) is 18.1. The Balaban J connectivity index is 2.66. The summed E-state index contributed by atoms with van der Waals surface area (Å²) in [7, 11) is -5.86. The first-order valence-corrected chi connectivity index (χ1v) is 8.71. The molecule has 1 fully saturated rings. The van der Waals surface area contributed by atoms with E-state index in [-0.39, 0.29) is 11.5 Å². The van der Waals surface area contributed by atoms with Gasteiger partial charge in [-0.05, 0) is 0 Å². The summed E-state index contributed by atoms with van der Waals surface area (Å²) in [4.78, 5) is 0. The zero-order valence-electron chi connectivity index (χ0n) is 10.4. The number of hydrogen-bond acceptors (Lipinski definition) is 9. The highest BCUT2D eigenvalue weighted by molar-refractivity contribution is 7.97. The molecule has 0 amide bonds. The molecule has 1 saturated heterocycles. The summed E-state index contributed by atoms with van der Waals surface area (Å²) >= 11 is 0. The molecule has 20 heavy (non-hydrogen) atoms. The van der Waals surface area contributed by atoms with Crippen molar-refractivity contribution in [3.63, 3.8) is 0 Å². The van der Waals surface area contributed by atoms with Gasteiger partial charge in [-0.15, -0.1) is 0 Å². The number of rotatable bonds is 7. The summed E-state index contributed by atoms with van der Waals surface area (Å²) in [6.07, 6.45) is -5.26. The highest BCUT2D eigenvalue weighted by Crippen LogP contribution is 2.25. The van der Waals surface area contributed by atoms with E-state index in [1.807, 2.05) is 0 Å². The maximum Gasteiger partial charge on any atom is 0.218 e. The largest absolute Gasteiger partial charge is 0.726 e. The molecule has 1 heterocycles. The molecule has 9 nitrogen and oxygen atoms in total. The van der Waals surface area contributed by atoms with Crippen molar-refractivity contribution in [3.8, 4) is 0 Å². The minimum Gasteiger partial charge on any atom is -0.726 e. The third-order valence-electron chi connectivity index (χ3n) is 3.00. The van der Waals surface area contributed by atoms with Crippen LogP contribution in [0.15, 0.2) is 0 Å². The Bertz CT molecular complexity index is 400. The molecule has 0 saturated carbocycles. The first-order chi connectivity index (χ1) is 9.19. The van der Waals surface area contributed by atoms with Crippen LogP contribution >= 0.6 is 0 Å². The Morgan fingerprint density at radius 2 is 1.95 bits per heavy atom. The molecule has 0 spiro atoms. The lowest BCUT2D eigenvalue weighted by atomic mass is 10.2. The standard InChI is InChI=1S/C9H18O9S2/c10-1-7(18-20(15,16)17)5(12)3-19-4-6(13)9(14)8(19)2-11/h5-14H,1-4H2/t5-,6-,7+,8+,9+,19?/m1/s1. The van der Waals surface area contributed by atoms with Crippen molar-refractivity contribution in [2.45, 2.75) is 29.7 Å². The Hall–Kier alpha value is 0.0200. The van der Waals surface area contributed by atoms with Crippen LogP contribution in [-0.2, 0) is 25.5 Å². The fraction of sp³-hybridized carbons (Fsp3) is 1.00. The van der Waals surface area contributed by atoms with Gasteiger partial charge in [0, 0.05) is 10.9 Å². The van der Waals surface area contributed by atoms with Crippen LogP contribution in [0.3, 0.4) is 0 Å². The second-order valence-electron chi connectivity index (χ2n) is 4.44. The van der Waals surface area contributed by atoms with E-state index < -0.39 is 64.2 Å². The summed E-state index contributed by atoms with van der Waals surface area (Å²) < 4.78 is 35.4. The summed E-state index contributed by atoms with van der Waals surface area (Å²) in [5, 5.41) is 46.3. The summed E-state index contributed by atoms with van der Waals surface area (Å²) in [6.45, 7) is -1.28. The predicted molar refractivity (Wildman–Crippen MR) is 67.6 cm³/mol. The van der Waals surface area contributed by atoms with Crippen molar-refractivity contribution in [1.29, 1.82) is 0 Å². The maximum atomic E-state index is 10.4. The van der Waals surface area contributed by atoms with E-state index >= 15 is 0 Å². The van der Waals surface area contributed by atoms with Crippen molar-refractivity contribution in [2.75, 3.05) is 24.7 Å². The van der Waals surface area contributed by atoms with Crippen LogP contribution in [0.25, 0.3) is 0 Å². The molecule has 0 radical (unpaired) electrons. The van der Waals surface area contributed by atoms with Crippen LogP contribution in [-0.4, -0.2) is 92.9 Å². The highest BCUT2D eigenvalue weighted by Gasteiger charge is 2.50. The van der Waals surface area contributed by atoms with Crippen LogP contribution < -0.4 is 0 Å². The van der Waals surface area contributed by atoms with Gasteiger partial charge in [0.2, 0.25) is 10.4 Å². The molecule has 1 unspecified atom stereocenters. The molecule has 1 rings (SSSR count). The van der Waals surface area contributed by atoms with Crippen LogP contribution in [0.4, 0.5) is 0 Å². The van der Waals surface area contributed by atoms with Crippen LogP contribution in [0, 0.1) is 0 Å². The average molecular weight is 334 g/mol. The highest BCUT2D eigenvalue weighted by atomic mass is 32.3. The van der Waals surface area contributed by atoms with Gasteiger partial charge in [-0.2, -0.15) is 0 Å². The summed E-state index contributed by atoms with van der Waals surface area (Å²) in [5.74, 6) is 0.0197. The van der Waals surface area contributed by atoms with Gasteiger partial charge in [-0.25, -0.2) is 8.42 Å². The molecule has 1 aliphatic rings. The molecular weight excluding hydrogens is 316 g/mol. The number of hydrogen-bond donors (Lipinski definition) is 5. The van der Waals surface area contributed by atoms with E-state index in [4.69, 9.17) is 10.2 Å². The third-order valence-corrected chi connectivity index (χ3v) is 6.31. The van der Waals surface area contributed by atoms with E-state index in [2.05, 4.69) is 4.18 Å². The first-order valence-electron chi connectivity index (χ1n) is 5.76. The van der Waals surface area contributed by atoms with E-state index in [9.17, 15) is 28.3 Å². The zero-order valence-corrected chi connectivity index (χ0v) is 12.0. The maximum absolute atomic E-state index is 10.4. The van der Waals surface area contributed by atoms with Gasteiger partial charge in [0.05, 0.1) is 13.2 Å². The molecule has 0 aromatic rings. The molecule has 1 aliphatic heterocycles. The molecule has 0 aromatic heterocycles. The predicted octanol–water partition coefficient (Wildman–Crippen LogP) is -4.10. The van der Waals surface area contributed by atoms with Crippen molar-refractivity contribution >= 4 is 21.3 Å². The van der Waals surface area contributed by atoms with Crippen LogP contribution in [0.5, 0.6) is 0 Å². The topological polar surface area (TPSA) is 168 Å². The van der Waals surface area contributed by atoms with E-state index in [0.29, 0.717) is 0 Å². The average Bonchev–Trinajstić information content (AvgIpc) is 2.60. The van der Waals surface area contributed by atoms with Crippen molar-refractivity contribution in [1.82, 2.24) is 0 Å². The fourth-order valence-corrected chi connectivity index (χ4v) is 5.18. The number of aliphatic hydroxyl groups excluding tert-OH is 5. The lowest BCUT2D eigenvalue weighted by molar-refractivity contribution is 0.0105. The molecule has 11 heteroatoms. The molecule has 0 bridgehead atoms. The molecule has 5 N–H and O–H groups in total. The van der Waals surface area contributed by atoms with Gasteiger partial charge in [-0.1, -0.05) is 0 Å². The Morgan fingerprint density at radius 1 is 1.35 bits per heavy atom. The third kappa shape index (κ3) is 4.79. The molecular formula is C9H18O9S2. The Labute approximate surface area is 119 Å². The molecule has 0 aliphatic carbocycles. The van der Waals surface area contributed by atoms with E-state index in [1.54, 1.807) is 0 Å². The van der Waals surface area contributed by atoms with Crippen LogP contribution in [0.1, 0.15) is 0 Å². The molecule has 120 valence electrons. The zero-order chi connectivity index (χ0) is 15.5. The fourth-order valence-electron chi connectivity index (χ4n) is 1.99. The minimum absolute atomic E-state index is 0.111. The van der Waals surface area contributed by atoms with Gasteiger partial charge in [0.15, 0.2) is 5.25 Å². The number of aliphatic hydroxyl groups is 5. The van der Waals surface area contributed by atoms with Gasteiger partial charge in [0.1, 0.15) is 35.9 Å².